The summed E-state index contributed by atoms with van der Waals surface area (Å²) in [6.07, 6.45) is 1.32. The van der Waals surface area contributed by atoms with Crippen molar-refractivity contribution >= 4 is 11.7 Å². The van der Waals surface area contributed by atoms with Crippen LogP contribution >= 0.6 is 0 Å². The highest BCUT2D eigenvalue weighted by Gasteiger charge is 2.19. The molecule has 0 fully saturated rings. The van der Waals surface area contributed by atoms with Crippen LogP contribution in [-0.4, -0.2) is 51.9 Å². The molecule has 1 amide bonds. The van der Waals surface area contributed by atoms with Crippen LogP contribution in [0, 0.1) is 0 Å². The van der Waals surface area contributed by atoms with Crippen molar-refractivity contribution < 1.29 is 38.5 Å². The van der Waals surface area contributed by atoms with Gasteiger partial charge in [0.15, 0.2) is 28.8 Å². The van der Waals surface area contributed by atoms with Crippen LogP contribution in [0.15, 0.2) is 30.3 Å². The SMILES string of the molecule is COc1ccc(C(=O)c2cc(OC)c(OC)c(OC)c2)cc1OCCCCC(=O)NO. The highest BCUT2D eigenvalue weighted by atomic mass is 16.5. The fourth-order valence-corrected chi connectivity index (χ4v) is 2.94. The number of methoxy groups -OCH3 is 4. The van der Waals surface area contributed by atoms with Gasteiger partial charge in [-0.15, -0.1) is 0 Å². The molecule has 2 N–H and O–H groups in total. The molecule has 2 aromatic carbocycles. The molecule has 0 atom stereocenters. The number of nitrogens with one attached hydrogen (secondary N) is 1. The number of carbonyl (C=O) groups excluding carboxylic acids is 2. The summed E-state index contributed by atoms with van der Waals surface area (Å²) in [5, 5.41) is 8.51. The van der Waals surface area contributed by atoms with E-state index in [9.17, 15) is 9.59 Å². The number of carbonyl (C=O) groups is 2. The average molecular weight is 433 g/mol. The first-order valence-electron chi connectivity index (χ1n) is 9.57. The summed E-state index contributed by atoms with van der Waals surface area (Å²) in [6, 6.07) is 8.06. The molecule has 31 heavy (non-hydrogen) atoms. The van der Waals surface area contributed by atoms with Crippen molar-refractivity contribution in [2.45, 2.75) is 19.3 Å². The Kier molecular flexibility index (Phi) is 8.95. The maximum atomic E-state index is 13.1. The van der Waals surface area contributed by atoms with Crippen LogP contribution in [-0.2, 0) is 4.79 Å². The van der Waals surface area contributed by atoms with E-state index in [1.807, 2.05) is 0 Å². The third-order valence-electron chi connectivity index (χ3n) is 4.53. The smallest absolute Gasteiger partial charge is 0.243 e. The molecule has 9 nitrogen and oxygen atoms in total. The van der Waals surface area contributed by atoms with Crippen molar-refractivity contribution in [3.8, 4) is 28.7 Å². The topological polar surface area (TPSA) is 113 Å². The quantitative estimate of drug-likeness (QED) is 0.227. The molecule has 0 aromatic heterocycles. The summed E-state index contributed by atoms with van der Waals surface area (Å²) in [4.78, 5) is 24.1. The maximum absolute atomic E-state index is 13.1. The predicted octanol–water partition coefficient (Wildman–Crippen LogP) is 3.01. The molecule has 168 valence electrons. The van der Waals surface area contributed by atoms with Crippen LogP contribution in [0.2, 0.25) is 0 Å². The van der Waals surface area contributed by atoms with Crippen molar-refractivity contribution in [1.29, 1.82) is 0 Å². The lowest BCUT2D eigenvalue weighted by Crippen LogP contribution is -2.18. The zero-order valence-corrected chi connectivity index (χ0v) is 18.0. The van der Waals surface area contributed by atoms with E-state index < -0.39 is 5.91 Å². The normalized spacial score (nSPS) is 10.2. The second kappa shape index (κ2) is 11.7. The van der Waals surface area contributed by atoms with Crippen molar-refractivity contribution in [1.82, 2.24) is 5.48 Å². The van der Waals surface area contributed by atoms with Gasteiger partial charge in [0, 0.05) is 17.5 Å². The van der Waals surface area contributed by atoms with Gasteiger partial charge in [-0.3, -0.25) is 14.8 Å². The monoisotopic (exact) mass is 433 g/mol. The van der Waals surface area contributed by atoms with E-state index in [-0.39, 0.29) is 12.2 Å². The van der Waals surface area contributed by atoms with Crippen LogP contribution in [0.5, 0.6) is 28.7 Å². The Labute approximate surface area is 180 Å². The Morgan fingerprint density at radius 2 is 1.42 bits per heavy atom. The lowest BCUT2D eigenvalue weighted by atomic mass is 10.0. The van der Waals surface area contributed by atoms with Crippen LogP contribution in [0.25, 0.3) is 0 Å². The van der Waals surface area contributed by atoms with E-state index >= 15 is 0 Å². The summed E-state index contributed by atoms with van der Waals surface area (Å²) in [7, 11) is 5.96. The summed E-state index contributed by atoms with van der Waals surface area (Å²) < 4.78 is 27.0. The highest BCUT2D eigenvalue weighted by Crippen LogP contribution is 2.39. The number of rotatable bonds is 12. The minimum absolute atomic E-state index is 0.191. The van der Waals surface area contributed by atoms with Gasteiger partial charge >= 0.3 is 0 Å². The van der Waals surface area contributed by atoms with Gasteiger partial charge in [0.1, 0.15) is 0 Å². The fraction of sp³-hybridized carbons (Fsp3) is 0.364. The molecule has 0 bridgehead atoms. The molecule has 0 unspecified atom stereocenters. The van der Waals surface area contributed by atoms with Crippen LogP contribution < -0.4 is 29.2 Å². The molecular formula is C22H27NO8. The zero-order chi connectivity index (χ0) is 22.8. The molecule has 0 aliphatic carbocycles. The number of hydrogen-bond donors (Lipinski definition) is 2. The van der Waals surface area contributed by atoms with Crippen molar-refractivity contribution in [2.75, 3.05) is 35.0 Å². The molecule has 0 heterocycles. The van der Waals surface area contributed by atoms with Gasteiger partial charge in [-0.2, -0.15) is 0 Å². The van der Waals surface area contributed by atoms with E-state index in [1.165, 1.54) is 28.4 Å². The molecule has 0 spiro atoms. The Balaban J connectivity index is 2.22. The summed E-state index contributed by atoms with van der Waals surface area (Å²) in [6.45, 7) is 0.316. The average Bonchev–Trinajstić information content (AvgIpc) is 2.81. The van der Waals surface area contributed by atoms with Gasteiger partial charge < -0.3 is 23.7 Å². The summed E-state index contributed by atoms with van der Waals surface area (Å²) in [5.74, 6) is 1.34. The standard InChI is InChI=1S/C22H27NO8/c1-27-16-9-8-14(11-17(16)31-10-6-5-7-20(24)23-26)21(25)15-12-18(28-2)22(30-4)19(13-15)29-3/h8-9,11-13,26H,5-7,10H2,1-4H3,(H,23,24). The maximum Gasteiger partial charge on any atom is 0.243 e. The molecule has 2 rings (SSSR count). The fourth-order valence-electron chi connectivity index (χ4n) is 2.94. The van der Waals surface area contributed by atoms with E-state index in [2.05, 4.69) is 0 Å². The number of amides is 1. The largest absolute Gasteiger partial charge is 0.493 e. The molecule has 0 aliphatic heterocycles. The third-order valence-corrected chi connectivity index (χ3v) is 4.53. The zero-order valence-electron chi connectivity index (χ0n) is 18.0. The minimum atomic E-state index is -0.449. The summed E-state index contributed by atoms with van der Waals surface area (Å²) >= 11 is 0. The molecule has 0 saturated heterocycles. The van der Waals surface area contributed by atoms with Crippen molar-refractivity contribution in [2.24, 2.45) is 0 Å². The van der Waals surface area contributed by atoms with Crippen LogP contribution in [0.4, 0.5) is 0 Å². The molecule has 2 aromatic rings. The van der Waals surface area contributed by atoms with E-state index in [0.29, 0.717) is 59.3 Å². The minimum Gasteiger partial charge on any atom is -0.493 e. The molecular weight excluding hydrogens is 406 g/mol. The van der Waals surface area contributed by atoms with Gasteiger partial charge in [0.2, 0.25) is 11.7 Å². The Morgan fingerprint density at radius 1 is 0.806 bits per heavy atom. The lowest BCUT2D eigenvalue weighted by Gasteiger charge is -2.15. The van der Waals surface area contributed by atoms with Gasteiger partial charge in [-0.25, -0.2) is 5.48 Å². The molecule has 0 radical (unpaired) electrons. The number of ketones is 1. The summed E-state index contributed by atoms with van der Waals surface area (Å²) in [5.41, 5.74) is 2.34. The number of hydrogen-bond acceptors (Lipinski definition) is 8. The first-order valence-corrected chi connectivity index (χ1v) is 9.57. The van der Waals surface area contributed by atoms with Crippen molar-refractivity contribution in [3.05, 3.63) is 41.5 Å². The van der Waals surface area contributed by atoms with Crippen molar-refractivity contribution in [3.63, 3.8) is 0 Å². The van der Waals surface area contributed by atoms with Gasteiger partial charge in [0.25, 0.3) is 0 Å². The number of ether oxygens (including phenoxy) is 5. The number of benzene rings is 2. The first-order chi connectivity index (χ1) is 15.0. The Bertz CT molecular complexity index is 887. The Hall–Kier alpha value is -3.46. The second-order valence-electron chi connectivity index (χ2n) is 6.45. The lowest BCUT2D eigenvalue weighted by molar-refractivity contribution is -0.129. The molecule has 0 aliphatic rings. The predicted molar refractivity (Wildman–Crippen MR) is 112 cm³/mol. The van der Waals surface area contributed by atoms with Gasteiger partial charge in [-0.1, -0.05) is 0 Å². The molecule has 9 heteroatoms. The van der Waals surface area contributed by atoms with Gasteiger partial charge in [0.05, 0.1) is 35.0 Å². The third kappa shape index (κ3) is 6.02. The van der Waals surface area contributed by atoms with E-state index in [1.54, 1.807) is 35.8 Å². The highest BCUT2D eigenvalue weighted by molar-refractivity contribution is 6.10. The van der Waals surface area contributed by atoms with Crippen LogP contribution in [0.1, 0.15) is 35.2 Å². The van der Waals surface area contributed by atoms with Crippen LogP contribution in [0.3, 0.4) is 0 Å². The number of hydroxylamine groups is 1. The first kappa shape index (κ1) is 23.8. The number of unbranched alkanes of at least 4 members (excludes halogenated alkanes) is 1. The van der Waals surface area contributed by atoms with E-state index in [4.69, 9.17) is 28.9 Å². The molecule has 0 saturated carbocycles. The van der Waals surface area contributed by atoms with Gasteiger partial charge in [-0.05, 0) is 43.2 Å². The Morgan fingerprint density at radius 3 is 1.97 bits per heavy atom. The second-order valence-corrected chi connectivity index (χ2v) is 6.45. The van der Waals surface area contributed by atoms with E-state index in [0.717, 1.165) is 0 Å².